The number of carbonyl (C=O) groups is 2. The van der Waals surface area contributed by atoms with Crippen molar-refractivity contribution < 1.29 is 14.3 Å². The quantitative estimate of drug-likeness (QED) is 0.653. The molecule has 0 spiro atoms. The first-order valence-corrected chi connectivity index (χ1v) is 9.20. The summed E-state index contributed by atoms with van der Waals surface area (Å²) in [5, 5.41) is 7.89. The number of hydrogen-bond donors (Lipinski definition) is 2. The summed E-state index contributed by atoms with van der Waals surface area (Å²) in [6.45, 7) is 1.88. The maximum absolute atomic E-state index is 12.3. The summed E-state index contributed by atoms with van der Waals surface area (Å²) in [5.41, 5.74) is 2.17. The van der Waals surface area contributed by atoms with Gasteiger partial charge >= 0.3 is 0 Å². The van der Waals surface area contributed by atoms with E-state index in [1.165, 1.54) is 11.3 Å². The van der Waals surface area contributed by atoms with Crippen molar-refractivity contribution in [1.29, 1.82) is 0 Å². The molecule has 0 saturated carbocycles. The van der Waals surface area contributed by atoms with Crippen LogP contribution in [0.3, 0.4) is 0 Å². The highest BCUT2D eigenvalue weighted by Gasteiger charge is 2.14. The summed E-state index contributed by atoms with van der Waals surface area (Å²) < 4.78 is 5.06. The Morgan fingerprint density at radius 1 is 1.07 bits per heavy atom. The number of hydrogen-bond acceptors (Lipinski definition) is 5. The minimum Gasteiger partial charge on any atom is -0.497 e. The molecule has 0 saturated heterocycles. The molecule has 0 atom stereocenters. The first-order chi connectivity index (χ1) is 13.0. The van der Waals surface area contributed by atoms with Gasteiger partial charge in [-0.1, -0.05) is 17.7 Å². The van der Waals surface area contributed by atoms with E-state index >= 15 is 0 Å². The number of benzene rings is 2. The van der Waals surface area contributed by atoms with Gasteiger partial charge in [-0.2, -0.15) is 0 Å². The van der Waals surface area contributed by atoms with Crippen molar-refractivity contribution in [3.05, 3.63) is 69.7 Å². The predicted octanol–water partition coefficient (Wildman–Crippen LogP) is 4.62. The number of carbonyl (C=O) groups excluding carboxylic acids is 2. The van der Waals surface area contributed by atoms with Gasteiger partial charge in [0.2, 0.25) is 0 Å². The number of thiazole rings is 1. The molecule has 2 amide bonds. The number of aromatic nitrogens is 1. The maximum atomic E-state index is 12.3. The molecule has 8 heteroatoms. The van der Waals surface area contributed by atoms with E-state index < -0.39 is 0 Å². The fourth-order valence-electron chi connectivity index (χ4n) is 2.21. The lowest BCUT2D eigenvalue weighted by atomic mass is 10.2. The normalized spacial score (nSPS) is 10.3. The molecule has 2 N–H and O–H groups in total. The number of halogens is 1. The third-order valence-electron chi connectivity index (χ3n) is 3.74. The number of aryl methyl sites for hydroxylation is 1. The molecule has 0 unspecified atom stereocenters. The van der Waals surface area contributed by atoms with Crippen LogP contribution in [0.1, 0.15) is 26.4 Å². The second kappa shape index (κ2) is 8.20. The summed E-state index contributed by atoms with van der Waals surface area (Å²) >= 11 is 7.23. The first kappa shape index (κ1) is 18.9. The number of anilines is 2. The number of ether oxygens (including phenoxy) is 1. The van der Waals surface area contributed by atoms with Gasteiger partial charge in [0.25, 0.3) is 11.8 Å². The van der Waals surface area contributed by atoms with Crippen LogP contribution in [-0.4, -0.2) is 23.9 Å². The topological polar surface area (TPSA) is 80.3 Å². The van der Waals surface area contributed by atoms with E-state index in [9.17, 15) is 9.59 Å². The van der Waals surface area contributed by atoms with Gasteiger partial charge in [0, 0.05) is 21.7 Å². The summed E-state index contributed by atoms with van der Waals surface area (Å²) in [6, 6.07) is 11.9. The molecule has 1 heterocycles. The van der Waals surface area contributed by atoms with E-state index in [4.69, 9.17) is 16.3 Å². The van der Waals surface area contributed by atoms with Gasteiger partial charge in [-0.25, -0.2) is 4.98 Å². The minimum atomic E-state index is -0.379. The Bertz CT molecular complexity index is 986. The van der Waals surface area contributed by atoms with Gasteiger partial charge in [-0.05, 0) is 48.9 Å². The Morgan fingerprint density at radius 2 is 1.81 bits per heavy atom. The van der Waals surface area contributed by atoms with E-state index in [1.807, 2.05) is 13.0 Å². The van der Waals surface area contributed by atoms with Crippen molar-refractivity contribution in [3.8, 4) is 5.75 Å². The molecule has 0 fully saturated rings. The number of methoxy groups -OCH3 is 1. The lowest BCUT2D eigenvalue weighted by Crippen LogP contribution is -2.14. The van der Waals surface area contributed by atoms with Crippen molar-refractivity contribution in [2.45, 2.75) is 6.92 Å². The fourth-order valence-corrected chi connectivity index (χ4v) is 3.08. The largest absolute Gasteiger partial charge is 0.497 e. The van der Waals surface area contributed by atoms with Crippen molar-refractivity contribution in [3.63, 3.8) is 0 Å². The Kier molecular flexibility index (Phi) is 5.73. The van der Waals surface area contributed by atoms with Crippen LogP contribution in [-0.2, 0) is 0 Å². The molecule has 3 rings (SSSR count). The smallest absolute Gasteiger partial charge is 0.275 e. The monoisotopic (exact) mass is 401 g/mol. The first-order valence-electron chi connectivity index (χ1n) is 7.94. The molecule has 3 aromatic rings. The van der Waals surface area contributed by atoms with Gasteiger partial charge < -0.3 is 10.1 Å². The van der Waals surface area contributed by atoms with Crippen LogP contribution in [0.15, 0.2) is 47.8 Å². The molecular formula is C19H16ClN3O3S. The van der Waals surface area contributed by atoms with E-state index in [0.717, 1.165) is 5.56 Å². The molecule has 6 nitrogen and oxygen atoms in total. The zero-order valence-corrected chi connectivity index (χ0v) is 16.1. The summed E-state index contributed by atoms with van der Waals surface area (Å²) in [5.74, 6) is -0.0311. The average molecular weight is 402 g/mol. The van der Waals surface area contributed by atoms with Crippen molar-refractivity contribution in [2.24, 2.45) is 0 Å². The number of nitrogens with zero attached hydrogens (tertiary/aromatic N) is 1. The van der Waals surface area contributed by atoms with Gasteiger partial charge in [0.15, 0.2) is 5.13 Å². The molecule has 1 aromatic heterocycles. The van der Waals surface area contributed by atoms with Crippen molar-refractivity contribution in [2.75, 3.05) is 17.7 Å². The lowest BCUT2D eigenvalue weighted by Gasteiger charge is -2.05. The third kappa shape index (κ3) is 4.64. The maximum Gasteiger partial charge on any atom is 0.275 e. The molecule has 0 aliphatic rings. The average Bonchev–Trinajstić information content (AvgIpc) is 3.13. The van der Waals surface area contributed by atoms with E-state index in [-0.39, 0.29) is 17.5 Å². The predicted molar refractivity (Wildman–Crippen MR) is 107 cm³/mol. The number of nitrogens with one attached hydrogen (secondary N) is 2. The Labute approximate surface area is 165 Å². The molecule has 0 aliphatic heterocycles. The minimum absolute atomic E-state index is 0.210. The highest BCUT2D eigenvalue weighted by atomic mass is 35.5. The zero-order valence-electron chi connectivity index (χ0n) is 14.6. The lowest BCUT2D eigenvalue weighted by molar-refractivity contribution is 0.101. The summed E-state index contributed by atoms with van der Waals surface area (Å²) in [6.07, 6.45) is 0. The molecule has 0 bridgehead atoms. The molecule has 27 heavy (non-hydrogen) atoms. The van der Waals surface area contributed by atoms with Gasteiger partial charge in [-0.3, -0.25) is 14.9 Å². The number of amides is 2. The standard InChI is InChI=1S/C19H16ClN3O3S/c1-11-3-6-13(9-15(11)20)21-18(25)16-10-27-19(22-16)23-17(24)12-4-7-14(26-2)8-5-12/h3-10H,1-2H3,(H,21,25)(H,22,23,24). The van der Waals surface area contributed by atoms with E-state index in [2.05, 4.69) is 15.6 Å². The van der Waals surface area contributed by atoms with Crippen molar-refractivity contribution in [1.82, 2.24) is 4.98 Å². The summed E-state index contributed by atoms with van der Waals surface area (Å²) in [4.78, 5) is 28.7. The van der Waals surface area contributed by atoms with Gasteiger partial charge in [0.05, 0.1) is 7.11 Å². The van der Waals surface area contributed by atoms with Crippen LogP contribution in [0.4, 0.5) is 10.8 Å². The Hall–Kier alpha value is -2.90. The SMILES string of the molecule is COc1ccc(C(=O)Nc2nc(C(=O)Nc3ccc(C)c(Cl)c3)cs2)cc1. The molecule has 0 radical (unpaired) electrons. The Balaban J connectivity index is 1.65. The molecule has 0 aliphatic carbocycles. The van der Waals surface area contributed by atoms with Gasteiger partial charge in [-0.15, -0.1) is 11.3 Å². The zero-order chi connectivity index (χ0) is 19.4. The second-order valence-corrected chi connectivity index (χ2v) is 6.90. The second-order valence-electron chi connectivity index (χ2n) is 5.64. The van der Waals surface area contributed by atoms with Crippen LogP contribution in [0.2, 0.25) is 5.02 Å². The highest BCUT2D eigenvalue weighted by molar-refractivity contribution is 7.14. The highest BCUT2D eigenvalue weighted by Crippen LogP contribution is 2.22. The fraction of sp³-hybridized carbons (Fsp3) is 0.105. The van der Waals surface area contributed by atoms with Crippen LogP contribution >= 0.6 is 22.9 Å². The Morgan fingerprint density at radius 3 is 2.48 bits per heavy atom. The van der Waals surface area contributed by atoms with Crippen LogP contribution in [0, 0.1) is 6.92 Å². The third-order valence-corrected chi connectivity index (χ3v) is 4.90. The van der Waals surface area contributed by atoms with E-state index in [1.54, 1.807) is 48.9 Å². The molecule has 2 aromatic carbocycles. The van der Waals surface area contributed by atoms with Crippen LogP contribution in [0.25, 0.3) is 0 Å². The van der Waals surface area contributed by atoms with Gasteiger partial charge in [0.1, 0.15) is 11.4 Å². The molecule has 138 valence electrons. The van der Waals surface area contributed by atoms with E-state index in [0.29, 0.717) is 27.2 Å². The van der Waals surface area contributed by atoms with Crippen LogP contribution < -0.4 is 15.4 Å². The number of rotatable bonds is 5. The van der Waals surface area contributed by atoms with Crippen LogP contribution in [0.5, 0.6) is 5.75 Å². The molecular weight excluding hydrogens is 386 g/mol. The van der Waals surface area contributed by atoms with Crippen molar-refractivity contribution >= 4 is 45.6 Å². The summed E-state index contributed by atoms with van der Waals surface area (Å²) in [7, 11) is 1.56.